The molecule has 0 radical (unpaired) electrons. The van der Waals surface area contributed by atoms with Crippen molar-refractivity contribution >= 4 is 29.7 Å². The summed E-state index contributed by atoms with van der Waals surface area (Å²) in [6, 6.07) is 17.7. The summed E-state index contributed by atoms with van der Waals surface area (Å²) in [5.41, 5.74) is 2.36. The molecule has 4 rings (SSSR count). The molecule has 12 heteroatoms. The van der Waals surface area contributed by atoms with Crippen LogP contribution in [0.2, 0.25) is 0 Å². The number of hydrogen-bond donors (Lipinski definition) is 2. The van der Waals surface area contributed by atoms with Gasteiger partial charge in [0.05, 0.1) is 14.7 Å². The minimum Gasteiger partial charge on any atom is -0.317 e. The second-order valence-electron chi connectivity index (χ2n) is 10.7. The molecule has 0 bridgehead atoms. The lowest BCUT2D eigenvalue weighted by Crippen LogP contribution is -2.62. The van der Waals surface area contributed by atoms with Crippen LogP contribution in [0.25, 0.3) is 0 Å². The van der Waals surface area contributed by atoms with E-state index in [2.05, 4.69) is 10.6 Å². The number of aryl methyl sites for hydroxylation is 3. The quantitative estimate of drug-likeness (QED) is 0.422. The van der Waals surface area contributed by atoms with Crippen LogP contribution in [0.3, 0.4) is 0 Å². The summed E-state index contributed by atoms with van der Waals surface area (Å²) in [5, 5.41) is 6.39. The van der Waals surface area contributed by atoms with Crippen LogP contribution in [0.1, 0.15) is 36.0 Å². The molecule has 1 saturated heterocycles. The third-order valence-electron chi connectivity index (χ3n) is 7.53. The summed E-state index contributed by atoms with van der Waals surface area (Å²) < 4.78 is 86.7. The average Bonchev–Trinajstić information content (AvgIpc) is 2.93. The third-order valence-corrected chi connectivity index (χ3v) is 15.3. The maximum absolute atomic E-state index is 14.9. The van der Waals surface area contributed by atoms with E-state index in [1.165, 1.54) is 36.4 Å². The van der Waals surface area contributed by atoms with Crippen LogP contribution in [0, 0.1) is 20.8 Å². The molecule has 3 aromatic carbocycles. The first-order valence-electron chi connectivity index (χ1n) is 14.0. The molecule has 0 amide bonds. The van der Waals surface area contributed by atoms with Crippen LogP contribution < -0.4 is 10.6 Å². The second-order valence-corrected chi connectivity index (χ2v) is 17.1. The Labute approximate surface area is 250 Å². The Balaban J connectivity index is 2.11. The van der Waals surface area contributed by atoms with Gasteiger partial charge in [0.25, 0.3) is 0 Å². The predicted octanol–water partition coefficient (Wildman–Crippen LogP) is 3.57. The van der Waals surface area contributed by atoms with Gasteiger partial charge in [-0.25, -0.2) is 25.3 Å². The van der Waals surface area contributed by atoms with Gasteiger partial charge in [0.1, 0.15) is 0 Å². The summed E-state index contributed by atoms with van der Waals surface area (Å²) in [7, 11) is -14.4. The van der Waals surface area contributed by atoms with Gasteiger partial charge in [-0.3, -0.25) is 0 Å². The minimum atomic E-state index is -4.90. The van der Waals surface area contributed by atoms with Gasteiger partial charge in [0, 0.05) is 13.0 Å². The molecule has 228 valence electrons. The van der Waals surface area contributed by atoms with Crippen LogP contribution in [0.15, 0.2) is 87.5 Å². The molecule has 1 aliphatic rings. The largest absolute Gasteiger partial charge is 0.317 e. The van der Waals surface area contributed by atoms with E-state index in [0.29, 0.717) is 19.6 Å². The van der Waals surface area contributed by atoms with E-state index in [4.69, 9.17) is 0 Å². The predicted molar refractivity (Wildman–Crippen MR) is 164 cm³/mol. The first kappa shape index (κ1) is 32.3. The van der Waals surface area contributed by atoms with E-state index in [9.17, 15) is 25.3 Å². The fraction of sp³-hybridized carbons (Fsp3) is 0.400. The standard InChI is InChI=1S/C30H39N3O6S3/c1-24-6-12-27(13-7-24)40(34,35)30(41(36,37)28-14-8-25(2)9-15-28)18-22-32-20-4-19-31-21-5-23-33(30)42(38,39)29-16-10-26(3)11-17-29/h6-17,31-32H,4-5,18-23H2,1-3H3. The lowest BCUT2D eigenvalue weighted by atomic mass is 10.2. The van der Waals surface area contributed by atoms with Gasteiger partial charge in [-0.1, -0.05) is 53.1 Å². The van der Waals surface area contributed by atoms with Gasteiger partial charge in [-0.15, -0.1) is 0 Å². The molecule has 0 unspecified atom stereocenters. The molecule has 0 aliphatic carbocycles. The summed E-state index contributed by atoms with van der Waals surface area (Å²) in [4.78, 5) is -0.708. The van der Waals surface area contributed by atoms with Crippen molar-refractivity contribution in [3.63, 3.8) is 0 Å². The number of sulfonamides is 1. The Hall–Kier alpha value is -2.61. The van der Waals surface area contributed by atoms with Crippen molar-refractivity contribution in [2.24, 2.45) is 0 Å². The third kappa shape index (κ3) is 6.20. The van der Waals surface area contributed by atoms with Crippen molar-refractivity contribution in [3.05, 3.63) is 89.5 Å². The molecule has 2 N–H and O–H groups in total. The number of nitrogens with zero attached hydrogens (tertiary/aromatic N) is 1. The normalized spacial score (nSPS) is 18.1. The summed E-state index contributed by atoms with van der Waals surface area (Å²) in [6.45, 7) is 6.57. The van der Waals surface area contributed by atoms with Crippen LogP contribution in [-0.2, 0) is 29.7 Å². The smallest absolute Gasteiger partial charge is 0.248 e. The van der Waals surface area contributed by atoms with Gasteiger partial charge in [0.15, 0.2) is 0 Å². The molecule has 1 aliphatic heterocycles. The molecule has 0 saturated carbocycles. The highest BCUT2D eigenvalue weighted by Crippen LogP contribution is 2.44. The number of rotatable bonds is 6. The van der Waals surface area contributed by atoms with Crippen LogP contribution in [0.4, 0.5) is 0 Å². The fourth-order valence-corrected chi connectivity index (χ4v) is 12.8. The molecule has 0 spiro atoms. The fourth-order valence-electron chi connectivity index (χ4n) is 5.10. The maximum atomic E-state index is 14.9. The lowest BCUT2D eigenvalue weighted by Gasteiger charge is -2.41. The maximum Gasteiger partial charge on any atom is 0.248 e. The number of nitrogens with one attached hydrogen (secondary N) is 2. The van der Waals surface area contributed by atoms with Crippen LogP contribution in [-0.4, -0.2) is 66.5 Å². The topological polar surface area (TPSA) is 130 Å². The molecular weight excluding hydrogens is 595 g/mol. The molecule has 0 atom stereocenters. The van der Waals surface area contributed by atoms with Crippen molar-refractivity contribution in [1.29, 1.82) is 0 Å². The zero-order valence-electron chi connectivity index (χ0n) is 24.2. The molecule has 9 nitrogen and oxygen atoms in total. The van der Waals surface area contributed by atoms with Crippen LogP contribution >= 0.6 is 0 Å². The highest BCUT2D eigenvalue weighted by atomic mass is 32.3. The highest BCUT2D eigenvalue weighted by molar-refractivity contribution is 8.11. The monoisotopic (exact) mass is 633 g/mol. The van der Waals surface area contributed by atoms with E-state index < -0.39 is 40.3 Å². The van der Waals surface area contributed by atoms with Gasteiger partial charge < -0.3 is 10.6 Å². The van der Waals surface area contributed by atoms with E-state index in [1.54, 1.807) is 57.2 Å². The van der Waals surface area contributed by atoms with Crippen molar-refractivity contribution in [2.45, 2.75) is 58.9 Å². The molecule has 3 aromatic rings. The first-order chi connectivity index (χ1) is 19.8. The minimum absolute atomic E-state index is 0.0455. The SMILES string of the molecule is Cc1ccc(S(=O)(=O)N2CCCNCCCNCCC2(S(=O)(=O)c2ccc(C)cc2)S(=O)(=O)c2ccc(C)cc2)cc1. The summed E-state index contributed by atoms with van der Waals surface area (Å²) in [5.74, 6) is 0. The van der Waals surface area contributed by atoms with Gasteiger partial charge >= 0.3 is 0 Å². The van der Waals surface area contributed by atoms with E-state index in [1.807, 2.05) is 0 Å². The Morgan fingerprint density at radius 2 is 0.929 bits per heavy atom. The highest BCUT2D eigenvalue weighted by Gasteiger charge is 2.63. The van der Waals surface area contributed by atoms with Gasteiger partial charge in [-0.2, -0.15) is 4.31 Å². The van der Waals surface area contributed by atoms with Crippen molar-refractivity contribution in [2.75, 3.05) is 32.7 Å². The van der Waals surface area contributed by atoms with Gasteiger partial charge in [-0.05, 0) is 96.2 Å². The average molecular weight is 634 g/mol. The summed E-state index contributed by atoms with van der Waals surface area (Å²) in [6.07, 6.45) is 0.429. The van der Waals surface area contributed by atoms with E-state index in [-0.39, 0.29) is 34.2 Å². The van der Waals surface area contributed by atoms with E-state index >= 15 is 0 Å². The van der Waals surface area contributed by atoms with Crippen molar-refractivity contribution < 1.29 is 25.3 Å². The van der Waals surface area contributed by atoms with Crippen molar-refractivity contribution in [1.82, 2.24) is 14.9 Å². The number of hydrogen-bond acceptors (Lipinski definition) is 8. The zero-order chi connectivity index (χ0) is 30.6. The second kappa shape index (κ2) is 12.9. The zero-order valence-corrected chi connectivity index (χ0v) is 26.7. The molecular formula is C30H39N3O6S3. The molecule has 0 aromatic heterocycles. The Kier molecular flexibility index (Phi) is 9.96. The van der Waals surface area contributed by atoms with Gasteiger partial charge in [0.2, 0.25) is 33.9 Å². The Bertz CT molecular complexity index is 1610. The lowest BCUT2D eigenvalue weighted by molar-refractivity contribution is 0.310. The van der Waals surface area contributed by atoms with Crippen LogP contribution in [0.5, 0.6) is 0 Å². The van der Waals surface area contributed by atoms with Crippen molar-refractivity contribution in [3.8, 4) is 0 Å². The first-order valence-corrected chi connectivity index (χ1v) is 18.4. The Morgan fingerprint density at radius 1 is 0.548 bits per heavy atom. The summed E-state index contributed by atoms with van der Waals surface area (Å²) >= 11 is 0. The molecule has 42 heavy (non-hydrogen) atoms. The van der Waals surface area contributed by atoms with E-state index in [0.717, 1.165) is 27.4 Å². The Morgan fingerprint density at radius 3 is 1.38 bits per heavy atom. The number of sulfone groups is 2. The molecule has 1 heterocycles. The number of benzene rings is 3. The molecule has 1 fully saturated rings.